The average Bonchev–Trinajstić information content (AvgIpc) is 3.36. The van der Waals surface area contributed by atoms with Crippen molar-refractivity contribution in [2.75, 3.05) is 58.3 Å². The Kier molecular flexibility index (Phi) is 7.89. The predicted octanol–water partition coefficient (Wildman–Crippen LogP) is 3.76. The maximum Gasteiger partial charge on any atom is 0.317 e. The zero-order valence-electron chi connectivity index (χ0n) is 23.2. The number of aromatic nitrogens is 3. The highest BCUT2D eigenvalue weighted by Gasteiger charge is 2.38. The van der Waals surface area contributed by atoms with Gasteiger partial charge in [-0.2, -0.15) is 10.4 Å². The standard InChI is InChI=1S/C29H38N8O2/c1-4-39-24-16-25(27-23(17-30)19-32-37(27)20-24)22-8-9-26(31-18-22)35-14-10-29(11-15-35,21-34(2)3)33-28(38)36-12-6-5-7-13-36/h8-9,16,18-20H,4-7,10-15,21H2,1-3H3,(H,33,38). The minimum atomic E-state index is -0.254. The third kappa shape index (κ3) is 5.78. The number of likely N-dealkylation sites (tertiary alicyclic amines) is 1. The van der Waals surface area contributed by atoms with Gasteiger partial charge in [0.05, 0.1) is 35.6 Å². The molecule has 3 aromatic heterocycles. The van der Waals surface area contributed by atoms with E-state index in [4.69, 9.17) is 9.72 Å². The van der Waals surface area contributed by atoms with Gasteiger partial charge in [0.15, 0.2) is 0 Å². The second kappa shape index (κ2) is 11.5. The molecule has 0 saturated carbocycles. The second-order valence-corrected chi connectivity index (χ2v) is 10.9. The quantitative estimate of drug-likeness (QED) is 0.496. The molecule has 2 fully saturated rings. The molecule has 0 unspecified atom stereocenters. The van der Waals surface area contributed by atoms with Gasteiger partial charge in [0.25, 0.3) is 0 Å². The third-order valence-electron chi connectivity index (χ3n) is 7.76. The lowest BCUT2D eigenvalue weighted by Crippen LogP contribution is -2.62. The molecule has 10 nitrogen and oxygen atoms in total. The van der Waals surface area contributed by atoms with Gasteiger partial charge in [-0.15, -0.1) is 0 Å². The number of nitrogens with zero attached hydrogens (tertiary/aromatic N) is 7. The lowest BCUT2D eigenvalue weighted by atomic mass is 9.86. The summed E-state index contributed by atoms with van der Waals surface area (Å²) in [4.78, 5) is 24.3. The first kappa shape index (κ1) is 26.8. The SMILES string of the molecule is CCOc1cc(-c2ccc(N3CCC(CN(C)C)(NC(=O)N4CCCCC4)CC3)nc2)c2c(C#N)cnn2c1. The van der Waals surface area contributed by atoms with E-state index in [2.05, 4.69) is 40.4 Å². The number of fused-ring (bicyclic) bond motifs is 1. The maximum absolute atomic E-state index is 13.1. The van der Waals surface area contributed by atoms with E-state index in [1.807, 2.05) is 36.2 Å². The van der Waals surface area contributed by atoms with Crippen molar-refractivity contribution in [3.63, 3.8) is 0 Å². The molecule has 10 heteroatoms. The number of carbonyl (C=O) groups is 1. The van der Waals surface area contributed by atoms with E-state index in [-0.39, 0.29) is 11.6 Å². The lowest BCUT2D eigenvalue weighted by Gasteiger charge is -2.45. The highest BCUT2D eigenvalue weighted by Crippen LogP contribution is 2.32. The number of hydrogen-bond donors (Lipinski definition) is 1. The van der Waals surface area contributed by atoms with Crippen molar-refractivity contribution >= 4 is 17.4 Å². The summed E-state index contributed by atoms with van der Waals surface area (Å²) >= 11 is 0. The molecule has 5 rings (SSSR count). The van der Waals surface area contributed by atoms with Crippen molar-refractivity contribution < 1.29 is 9.53 Å². The van der Waals surface area contributed by atoms with Gasteiger partial charge in [0.1, 0.15) is 17.6 Å². The molecule has 0 atom stereocenters. The van der Waals surface area contributed by atoms with E-state index in [1.54, 1.807) is 16.9 Å². The van der Waals surface area contributed by atoms with Gasteiger partial charge in [-0.05, 0) is 71.3 Å². The minimum absolute atomic E-state index is 0.0738. The highest BCUT2D eigenvalue weighted by atomic mass is 16.5. The smallest absolute Gasteiger partial charge is 0.317 e. The first-order valence-corrected chi connectivity index (χ1v) is 13.9. The molecular formula is C29H38N8O2. The van der Waals surface area contributed by atoms with Crippen LogP contribution in [0.25, 0.3) is 16.6 Å². The minimum Gasteiger partial charge on any atom is -0.492 e. The van der Waals surface area contributed by atoms with Gasteiger partial charge in [-0.25, -0.2) is 14.3 Å². The highest BCUT2D eigenvalue weighted by molar-refractivity contribution is 5.85. The van der Waals surface area contributed by atoms with Crippen LogP contribution in [-0.2, 0) is 0 Å². The average molecular weight is 531 g/mol. The molecule has 206 valence electrons. The van der Waals surface area contributed by atoms with Gasteiger partial charge in [0.2, 0.25) is 0 Å². The van der Waals surface area contributed by atoms with Crippen LogP contribution in [-0.4, -0.2) is 89.4 Å². The van der Waals surface area contributed by atoms with Crippen LogP contribution < -0.4 is 15.0 Å². The third-order valence-corrected chi connectivity index (χ3v) is 7.76. The number of urea groups is 1. The molecule has 2 amide bonds. The van der Waals surface area contributed by atoms with Crippen molar-refractivity contribution in [3.05, 3.63) is 42.4 Å². The summed E-state index contributed by atoms with van der Waals surface area (Å²) in [7, 11) is 4.13. The van der Waals surface area contributed by atoms with E-state index in [0.717, 1.165) is 80.9 Å². The molecule has 0 spiro atoms. The van der Waals surface area contributed by atoms with Crippen molar-refractivity contribution in [1.29, 1.82) is 5.26 Å². The van der Waals surface area contributed by atoms with E-state index in [0.29, 0.717) is 17.9 Å². The first-order chi connectivity index (χ1) is 18.9. The number of anilines is 1. The van der Waals surface area contributed by atoms with Crippen LogP contribution >= 0.6 is 0 Å². The second-order valence-electron chi connectivity index (χ2n) is 10.9. The molecule has 2 aliphatic rings. The summed E-state index contributed by atoms with van der Waals surface area (Å²) in [6, 6.07) is 8.34. The van der Waals surface area contributed by atoms with Crippen molar-refractivity contribution in [1.82, 2.24) is 29.7 Å². The van der Waals surface area contributed by atoms with Crippen molar-refractivity contribution in [3.8, 4) is 22.9 Å². The van der Waals surface area contributed by atoms with Crippen LogP contribution in [0.15, 0.2) is 36.8 Å². The Balaban J connectivity index is 1.32. The van der Waals surface area contributed by atoms with Crippen molar-refractivity contribution in [2.24, 2.45) is 0 Å². The number of likely N-dealkylation sites (N-methyl/N-ethyl adjacent to an activating group) is 1. The summed E-state index contributed by atoms with van der Waals surface area (Å²) < 4.78 is 7.44. The summed E-state index contributed by atoms with van der Waals surface area (Å²) in [5, 5.41) is 17.4. The first-order valence-electron chi connectivity index (χ1n) is 13.9. The molecule has 5 heterocycles. The largest absolute Gasteiger partial charge is 0.492 e. The summed E-state index contributed by atoms with van der Waals surface area (Å²) in [6.45, 7) is 6.61. The number of hydrogen-bond acceptors (Lipinski definition) is 7. The number of nitrogens with one attached hydrogen (secondary N) is 1. The zero-order chi connectivity index (χ0) is 27.4. The summed E-state index contributed by atoms with van der Waals surface area (Å²) in [5.41, 5.74) is 2.76. The van der Waals surface area contributed by atoms with Gasteiger partial charge in [-0.1, -0.05) is 0 Å². The van der Waals surface area contributed by atoms with Crippen LogP contribution in [0.3, 0.4) is 0 Å². The zero-order valence-corrected chi connectivity index (χ0v) is 23.2. The Bertz CT molecular complexity index is 1330. The van der Waals surface area contributed by atoms with Crippen LogP contribution in [0.2, 0.25) is 0 Å². The van der Waals surface area contributed by atoms with Gasteiger partial charge < -0.3 is 24.8 Å². The number of rotatable bonds is 7. The molecule has 0 aliphatic carbocycles. The van der Waals surface area contributed by atoms with Crippen LogP contribution in [0.5, 0.6) is 5.75 Å². The molecule has 2 aliphatic heterocycles. The van der Waals surface area contributed by atoms with Gasteiger partial charge >= 0.3 is 6.03 Å². The number of piperidine rings is 2. The Hall–Kier alpha value is -3.84. The molecule has 3 aromatic rings. The fraction of sp³-hybridized carbons (Fsp3) is 0.517. The fourth-order valence-corrected chi connectivity index (χ4v) is 5.87. The molecule has 39 heavy (non-hydrogen) atoms. The number of carbonyl (C=O) groups excluding carboxylic acids is 1. The van der Waals surface area contributed by atoms with E-state index in [9.17, 15) is 10.1 Å². The monoisotopic (exact) mass is 530 g/mol. The van der Waals surface area contributed by atoms with Crippen LogP contribution in [0.4, 0.5) is 10.6 Å². The molecular weight excluding hydrogens is 492 g/mol. The van der Waals surface area contributed by atoms with Gasteiger partial charge in [0, 0.05) is 50.0 Å². The Morgan fingerprint density at radius 1 is 1.15 bits per heavy atom. The Morgan fingerprint density at radius 2 is 1.92 bits per heavy atom. The number of amides is 2. The Labute approximate surface area is 230 Å². The number of nitriles is 1. The lowest BCUT2D eigenvalue weighted by molar-refractivity contribution is 0.149. The maximum atomic E-state index is 13.1. The van der Waals surface area contributed by atoms with Crippen molar-refractivity contribution in [2.45, 2.75) is 44.6 Å². The predicted molar refractivity (Wildman–Crippen MR) is 151 cm³/mol. The molecule has 1 N–H and O–H groups in total. The number of pyridine rings is 2. The van der Waals surface area contributed by atoms with E-state index < -0.39 is 0 Å². The summed E-state index contributed by atoms with van der Waals surface area (Å²) in [5.74, 6) is 1.60. The van der Waals surface area contributed by atoms with Gasteiger partial charge in [-0.3, -0.25) is 0 Å². The fourth-order valence-electron chi connectivity index (χ4n) is 5.87. The topological polar surface area (TPSA) is 102 Å². The van der Waals surface area contributed by atoms with E-state index in [1.165, 1.54) is 6.42 Å². The number of ether oxygens (including phenoxy) is 1. The summed E-state index contributed by atoms with van der Waals surface area (Å²) in [6.07, 6.45) is 10.3. The molecule has 0 aromatic carbocycles. The molecule has 0 radical (unpaired) electrons. The van der Waals surface area contributed by atoms with Crippen LogP contribution in [0.1, 0.15) is 44.6 Å². The molecule has 2 saturated heterocycles. The Morgan fingerprint density at radius 3 is 2.56 bits per heavy atom. The molecule has 0 bridgehead atoms. The normalized spacial score (nSPS) is 17.3. The van der Waals surface area contributed by atoms with Crippen LogP contribution in [0, 0.1) is 11.3 Å². The van der Waals surface area contributed by atoms with E-state index >= 15 is 0 Å².